The van der Waals surface area contributed by atoms with Gasteiger partial charge in [-0.15, -0.1) is 0 Å². The molecule has 0 atom stereocenters. The van der Waals surface area contributed by atoms with E-state index in [4.69, 9.17) is 20.9 Å². The fraction of sp³-hybridized carbons (Fsp3) is 0.308. The van der Waals surface area contributed by atoms with Crippen molar-refractivity contribution in [3.8, 4) is 5.75 Å². The van der Waals surface area contributed by atoms with Crippen molar-refractivity contribution >= 4 is 11.6 Å². The van der Waals surface area contributed by atoms with E-state index in [1.807, 2.05) is 31.2 Å². The van der Waals surface area contributed by atoms with Crippen LogP contribution in [0, 0.1) is 6.92 Å². The van der Waals surface area contributed by atoms with Crippen molar-refractivity contribution in [3.63, 3.8) is 0 Å². The molecule has 0 saturated carbocycles. The molecule has 0 bridgehead atoms. The first-order valence-corrected chi connectivity index (χ1v) is 6.02. The standard InChI is InChI=1S/C13H15ClN2O2/c1-9-5-11(18-16-9)8-15-7-10-3-4-13(17-2)12(14)6-10/h3-6,15H,7-8H2,1-2H3. The molecular formula is C13H15ClN2O2. The number of nitrogens with one attached hydrogen (secondary N) is 1. The van der Waals surface area contributed by atoms with Crippen molar-refractivity contribution in [2.75, 3.05) is 7.11 Å². The van der Waals surface area contributed by atoms with Gasteiger partial charge in [-0.2, -0.15) is 0 Å². The zero-order chi connectivity index (χ0) is 13.0. The van der Waals surface area contributed by atoms with E-state index in [1.165, 1.54) is 0 Å². The van der Waals surface area contributed by atoms with Gasteiger partial charge < -0.3 is 14.6 Å². The maximum atomic E-state index is 6.05. The molecule has 4 nitrogen and oxygen atoms in total. The largest absolute Gasteiger partial charge is 0.495 e. The van der Waals surface area contributed by atoms with Crippen molar-refractivity contribution in [1.29, 1.82) is 0 Å². The van der Waals surface area contributed by atoms with Gasteiger partial charge in [0, 0.05) is 12.6 Å². The van der Waals surface area contributed by atoms with E-state index in [0.717, 1.165) is 17.0 Å². The van der Waals surface area contributed by atoms with E-state index in [1.54, 1.807) is 7.11 Å². The number of aromatic nitrogens is 1. The Kier molecular flexibility index (Phi) is 4.23. The van der Waals surface area contributed by atoms with Gasteiger partial charge in [0.1, 0.15) is 5.75 Å². The minimum absolute atomic E-state index is 0.618. The lowest BCUT2D eigenvalue weighted by Gasteiger charge is -2.06. The predicted molar refractivity (Wildman–Crippen MR) is 69.8 cm³/mol. The fourth-order valence-corrected chi connectivity index (χ4v) is 1.93. The third-order valence-electron chi connectivity index (χ3n) is 2.52. The lowest BCUT2D eigenvalue weighted by atomic mass is 10.2. The van der Waals surface area contributed by atoms with Gasteiger partial charge >= 0.3 is 0 Å². The summed E-state index contributed by atoms with van der Waals surface area (Å²) in [6.45, 7) is 3.25. The molecule has 2 rings (SSSR count). The lowest BCUT2D eigenvalue weighted by molar-refractivity contribution is 0.369. The monoisotopic (exact) mass is 266 g/mol. The third-order valence-corrected chi connectivity index (χ3v) is 2.82. The summed E-state index contributed by atoms with van der Waals surface area (Å²) >= 11 is 6.05. The number of halogens is 1. The van der Waals surface area contributed by atoms with E-state index < -0.39 is 0 Å². The van der Waals surface area contributed by atoms with Crippen molar-refractivity contribution in [1.82, 2.24) is 10.5 Å². The highest BCUT2D eigenvalue weighted by Gasteiger charge is 2.03. The maximum Gasteiger partial charge on any atom is 0.150 e. The van der Waals surface area contributed by atoms with Crippen LogP contribution in [0.25, 0.3) is 0 Å². The van der Waals surface area contributed by atoms with Crippen molar-refractivity contribution in [3.05, 3.63) is 46.3 Å². The second-order valence-electron chi connectivity index (χ2n) is 4.01. The number of rotatable bonds is 5. The molecule has 96 valence electrons. The van der Waals surface area contributed by atoms with Crippen LogP contribution in [0.1, 0.15) is 17.0 Å². The van der Waals surface area contributed by atoms with Gasteiger partial charge in [-0.1, -0.05) is 22.8 Å². The quantitative estimate of drug-likeness (QED) is 0.904. The van der Waals surface area contributed by atoms with Crippen LogP contribution >= 0.6 is 11.6 Å². The number of ether oxygens (including phenoxy) is 1. The second kappa shape index (κ2) is 5.89. The van der Waals surface area contributed by atoms with Gasteiger partial charge in [-0.3, -0.25) is 0 Å². The van der Waals surface area contributed by atoms with E-state index in [0.29, 0.717) is 23.9 Å². The normalized spacial score (nSPS) is 10.6. The zero-order valence-corrected chi connectivity index (χ0v) is 11.1. The van der Waals surface area contributed by atoms with E-state index in [2.05, 4.69) is 10.5 Å². The maximum absolute atomic E-state index is 6.05. The summed E-state index contributed by atoms with van der Waals surface area (Å²) in [5.74, 6) is 1.51. The summed E-state index contributed by atoms with van der Waals surface area (Å²) in [6.07, 6.45) is 0. The number of hydrogen-bond donors (Lipinski definition) is 1. The summed E-state index contributed by atoms with van der Waals surface area (Å²) in [5.41, 5.74) is 1.98. The molecule has 0 amide bonds. The Morgan fingerprint density at radius 1 is 1.33 bits per heavy atom. The van der Waals surface area contributed by atoms with Gasteiger partial charge in [-0.05, 0) is 24.6 Å². The van der Waals surface area contributed by atoms with Crippen molar-refractivity contribution < 1.29 is 9.26 Å². The van der Waals surface area contributed by atoms with Crippen LogP contribution in [0.2, 0.25) is 5.02 Å². The topological polar surface area (TPSA) is 47.3 Å². The summed E-state index contributed by atoms with van der Waals surface area (Å²) in [6, 6.07) is 7.63. The summed E-state index contributed by atoms with van der Waals surface area (Å²) in [5, 5.41) is 7.71. The first kappa shape index (κ1) is 12.9. The third kappa shape index (κ3) is 3.24. The van der Waals surface area contributed by atoms with Crippen LogP contribution in [-0.2, 0) is 13.1 Å². The molecule has 2 aromatic rings. The molecule has 0 saturated heterocycles. The minimum Gasteiger partial charge on any atom is -0.495 e. The van der Waals surface area contributed by atoms with Crippen molar-refractivity contribution in [2.45, 2.75) is 20.0 Å². The Morgan fingerprint density at radius 3 is 2.78 bits per heavy atom. The average Bonchev–Trinajstić information content (AvgIpc) is 2.75. The zero-order valence-electron chi connectivity index (χ0n) is 10.4. The smallest absolute Gasteiger partial charge is 0.150 e. The van der Waals surface area contributed by atoms with Crippen LogP contribution in [0.4, 0.5) is 0 Å². The van der Waals surface area contributed by atoms with Gasteiger partial charge in [0.05, 0.1) is 24.4 Å². The second-order valence-corrected chi connectivity index (χ2v) is 4.41. The molecule has 1 aromatic carbocycles. The average molecular weight is 267 g/mol. The molecule has 5 heteroatoms. The molecule has 18 heavy (non-hydrogen) atoms. The van der Waals surface area contributed by atoms with Crippen LogP contribution in [-0.4, -0.2) is 12.3 Å². The van der Waals surface area contributed by atoms with E-state index in [-0.39, 0.29) is 0 Å². The highest BCUT2D eigenvalue weighted by Crippen LogP contribution is 2.24. The summed E-state index contributed by atoms with van der Waals surface area (Å²) in [4.78, 5) is 0. The Hall–Kier alpha value is -1.52. The SMILES string of the molecule is COc1ccc(CNCc2cc(C)no2)cc1Cl. The van der Waals surface area contributed by atoms with E-state index in [9.17, 15) is 0 Å². The summed E-state index contributed by atoms with van der Waals surface area (Å²) in [7, 11) is 1.60. The van der Waals surface area contributed by atoms with Gasteiger partial charge in [-0.25, -0.2) is 0 Å². The molecular weight excluding hydrogens is 252 g/mol. The first-order chi connectivity index (χ1) is 8.69. The molecule has 1 aromatic heterocycles. The molecule has 0 aliphatic heterocycles. The van der Waals surface area contributed by atoms with E-state index >= 15 is 0 Å². The Morgan fingerprint density at radius 2 is 2.17 bits per heavy atom. The molecule has 0 aliphatic rings. The van der Waals surface area contributed by atoms with Crippen LogP contribution < -0.4 is 10.1 Å². The number of hydrogen-bond acceptors (Lipinski definition) is 4. The number of benzene rings is 1. The Balaban J connectivity index is 1.88. The number of aryl methyl sites for hydroxylation is 1. The number of nitrogens with zero attached hydrogens (tertiary/aromatic N) is 1. The predicted octanol–water partition coefficient (Wildman–Crippen LogP) is 2.93. The van der Waals surface area contributed by atoms with Crippen LogP contribution in [0.15, 0.2) is 28.8 Å². The summed E-state index contributed by atoms with van der Waals surface area (Å²) < 4.78 is 10.2. The molecule has 0 aliphatic carbocycles. The molecule has 0 spiro atoms. The molecule has 1 N–H and O–H groups in total. The fourth-order valence-electron chi connectivity index (χ4n) is 1.65. The van der Waals surface area contributed by atoms with Gasteiger partial charge in [0.2, 0.25) is 0 Å². The highest BCUT2D eigenvalue weighted by atomic mass is 35.5. The Bertz CT molecular complexity index is 525. The Labute approximate surface area is 111 Å². The molecule has 0 radical (unpaired) electrons. The first-order valence-electron chi connectivity index (χ1n) is 5.64. The van der Waals surface area contributed by atoms with Crippen LogP contribution in [0.3, 0.4) is 0 Å². The minimum atomic E-state index is 0.618. The van der Waals surface area contributed by atoms with Gasteiger partial charge in [0.25, 0.3) is 0 Å². The molecule has 1 heterocycles. The highest BCUT2D eigenvalue weighted by molar-refractivity contribution is 6.32. The van der Waals surface area contributed by atoms with Crippen LogP contribution in [0.5, 0.6) is 5.75 Å². The molecule has 0 fully saturated rings. The lowest BCUT2D eigenvalue weighted by Crippen LogP contribution is -2.12. The van der Waals surface area contributed by atoms with Gasteiger partial charge in [0.15, 0.2) is 5.76 Å². The number of methoxy groups -OCH3 is 1. The molecule has 0 unspecified atom stereocenters. The van der Waals surface area contributed by atoms with Crippen molar-refractivity contribution in [2.24, 2.45) is 0 Å².